The number of anilines is 1. The van der Waals surface area contributed by atoms with Gasteiger partial charge in [0.25, 0.3) is 0 Å². The maximum Gasteiger partial charge on any atom is 0.128 e. The van der Waals surface area contributed by atoms with Gasteiger partial charge in [-0.05, 0) is 61.2 Å². The first-order chi connectivity index (χ1) is 18.0. The molecule has 37 heavy (non-hydrogen) atoms. The van der Waals surface area contributed by atoms with E-state index in [4.69, 9.17) is 40.2 Å². The van der Waals surface area contributed by atoms with Crippen LogP contribution in [0, 0.1) is 0 Å². The molecule has 0 spiro atoms. The van der Waals surface area contributed by atoms with E-state index in [9.17, 15) is 0 Å². The van der Waals surface area contributed by atoms with Gasteiger partial charge in [0, 0.05) is 35.1 Å². The van der Waals surface area contributed by atoms with Crippen LogP contribution in [-0.2, 0) is 13.0 Å². The highest BCUT2D eigenvalue weighted by atomic mass is 35.5. The van der Waals surface area contributed by atoms with Gasteiger partial charge in [0.2, 0.25) is 0 Å². The van der Waals surface area contributed by atoms with Crippen molar-refractivity contribution in [3.63, 3.8) is 0 Å². The largest absolute Gasteiger partial charge is 0.497 e. The van der Waals surface area contributed by atoms with Crippen LogP contribution in [0.15, 0.2) is 79.0 Å². The van der Waals surface area contributed by atoms with E-state index in [-0.39, 0.29) is 0 Å². The lowest BCUT2D eigenvalue weighted by Gasteiger charge is -2.12. The molecule has 5 aromatic rings. The van der Waals surface area contributed by atoms with Crippen LogP contribution in [-0.4, -0.2) is 21.1 Å². The van der Waals surface area contributed by atoms with E-state index >= 15 is 0 Å². The molecule has 1 N–H and O–H groups in total. The second-order valence-electron chi connectivity index (χ2n) is 9.20. The van der Waals surface area contributed by atoms with Crippen LogP contribution in [0.2, 0.25) is 10.0 Å². The van der Waals surface area contributed by atoms with E-state index in [1.54, 1.807) is 7.11 Å². The molecule has 0 amide bonds. The summed E-state index contributed by atoms with van der Waals surface area (Å²) in [4.78, 5) is 0.670. The van der Waals surface area contributed by atoms with Crippen LogP contribution in [0.5, 0.6) is 5.75 Å². The molecule has 6 rings (SSSR count). The van der Waals surface area contributed by atoms with Crippen LogP contribution in [0.3, 0.4) is 0 Å². The summed E-state index contributed by atoms with van der Waals surface area (Å²) in [6.07, 6.45) is 5.39. The topological polar surface area (TPSA) is 30.6 Å². The average Bonchev–Trinajstić information content (AvgIpc) is 3.34. The van der Waals surface area contributed by atoms with Crippen molar-refractivity contribution >= 4 is 51.7 Å². The Morgan fingerprint density at radius 3 is 2.43 bits per heavy atom. The minimum atomic E-state index is 0.550. The molecule has 1 aliphatic heterocycles. The van der Waals surface area contributed by atoms with Gasteiger partial charge in [0.1, 0.15) is 16.4 Å². The molecule has 0 bridgehead atoms. The number of nitrogens with one attached hydrogen (secondary N) is 1. The van der Waals surface area contributed by atoms with Crippen molar-refractivity contribution in [1.82, 2.24) is 8.97 Å². The number of rotatable bonds is 5. The van der Waals surface area contributed by atoms with Gasteiger partial charge in [-0.1, -0.05) is 71.8 Å². The summed E-state index contributed by atoms with van der Waals surface area (Å²) in [7, 11) is 1.66. The number of nitrogens with zero attached hydrogens (tertiary/aromatic N) is 2. The predicted octanol–water partition coefficient (Wildman–Crippen LogP) is 8.51. The molecule has 0 saturated carbocycles. The maximum absolute atomic E-state index is 6.42. The number of aromatic nitrogens is 2. The summed E-state index contributed by atoms with van der Waals surface area (Å²) in [5.74, 6) is 0.805. The second kappa shape index (κ2) is 9.90. The molecule has 0 saturated heterocycles. The first-order valence-corrected chi connectivity index (χ1v) is 13.4. The van der Waals surface area contributed by atoms with Gasteiger partial charge in [0.15, 0.2) is 0 Å². The van der Waals surface area contributed by atoms with Crippen molar-refractivity contribution in [2.24, 2.45) is 0 Å². The Hall–Kier alpha value is -3.25. The smallest absolute Gasteiger partial charge is 0.128 e. The normalized spacial score (nSPS) is 12.9. The van der Waals surface area contributed by atoms with Gasteiger partial charge >= 0.3 is 0 Å². The Morgan fingerprint density at radius 1 is 0.919 bits per heavy atom. The number of hydrogen-bond acceptors (Lipinski definition) is 2. The first kappa shape index (κ1) is 24.1. The summed E-state index contributed by atoms with van der Waals surface area (Å²) in [5, 5.41) is 4.58. The number of halogens is 2. The Labute approximate surface area is 231 Å². The van der Waals surface area contributed by atoms with Crippen LogP contribution >= 0.6 is 35.4 Å². The van der Waals surface area contributed by atoms with Crippen LogP contribution in [0.1, 0.15) is 24.1 Å². The SMILES string of the molecule is COc1ccc(NC(=S)c2c(-c3ccccc3)c3c4n(c(-c5ccc(Cl)c(Cl)c5)cn24)CCCC3)cc1. The molecule has 0 radical (unpaired) electrons. The van der Waals surface area contributed by atoms with Crippen molar-refractivity contribution < 1.29 is 4.74 Å². The Morgan fingerprint density at radius 2 is 1.70 bits per heavy atom. The molecule has 0 fully saturated rings. The quantitative estimate of drug-likeness (QED) is 0.224. The van der Waals surface area contributed by atoms with E-state index in [0.717, 1.165) is 54.2 Å². The molecule has 3 aromatic carbocycles. The molecule has 7 heteroatoms. The Bertz CT molecular complexity index is 1620. The third-order valence-corrected chi connectivity index (χ3v) is 8.01. The fourth-order valence-electron chi connectivity index (χ4n) is 5.28. The summed E-state index contributed by atoms with van der Waals surface area (Å²) < 4.78 is 9.99. The number of benzene rings is 3. The number of thiocarbonyl (C=S) groups is 1. The zero-order valence-corrected chi connectivity index (χ0v) is 22.6. The van der Waals surface area contributed by atoms with E-state index in [1.807, 2.05) is 48.5 Å². The fraction of sp³-hybridized carbons (Fsp3) is 0.167. The first-order valence-electron chi connectivity index (χ1n) is 12.3. The summed E-state index contributed by atoms with van der Waals surface area (Å²) in [6, 6.07) is 24.2. The summed E-state index contributed by atoms with van der Waals surface area (Å²) in [6.45, 7) is 0.926. The molecular formula is C30H25Cl2N3OS. The molecule has 0 atom stereocenters. The van der Waals surface area contributed by atoms with Gasteiger partial charge < -0.3 is 14.6 Å². The molecule has 3 heterocycles. The minimum absolute atomic E-state index is 0.550. The zero-order valence-electron chi connectivity index (χ0n) is 20.3. The lowest BCUT2D eigenvalue weighted by molar-refractivity contribution is 0.415. The zero-order chi connectivity index (χ0) is 25.5. The van der Waals surface area contributed by atoms with Crippen molar-refractivity contribution in [1.29, 1.82) is 0 Å². The van der Waals surface area contributed by atoms with E-state index in [1.165, 1.54) is 22.3 Å². The lowest BCUT2D eigenvalue weighted by Crippen LogP contribution is -2.14. The predicted molar refractivity (Wildman–Crippen MR) is 158 cm³/mol. The van der Waals surface area contributed by atoms with E-state index in [0.29, 0.717) is 15.0 Å². The minimum Gasteiger partial charge on any atom is -0.497 e. The monoisotopic (exact) mass is 545 g/mol. The summed E-state index contributed by atoms with van der Waals surface area (Å²) in [5.41, 5.74) is 8.91. The van der Waals surface area contributed by atoms with E-state index < -0.39 is 0 Å². The molecule has 1 aliphatic rings. The second-order valence-corrected chi connectivity index (χ2v) is 10.4. The van der Waals surface area contributed by atoms with Crippen molar-refractivity contribution in [3.8, 4) is 28.1 Å². The van der Waals surface area contributed by atoms with Crippen LogP contribution in [0.4, 0.5) is 5.69 Å². The summed E-state index contributed by atoms with van der Waals surface area (Å²) >= 11 is 18.7. The molecule has 4 nitrogen and oxygen atoms in total. The Kier molecular flexibility index (Phi) is 6.45. The molecular weight excluding hydrogens is 521 g/mol. The fourth-order valence-corrected chi connectivity index (χ4v) is 5.89. The van der Waals surface area contributed by atoms with Gasteiger partial charge in [-0.2, -0.15) is 0 Å². The third kappa shape index (κ3) is 4.31. The third-order valence-electron chi connectivity index (χ3n) is 6.97. The lowest BCUT2D eigenvalue weighted by atomic mass is 9.98. The molecule has 186 valence electrons. The molecule has 0 unspecified atom stereocenters. The van der Waals surface area contributed by atoms with Gasteiger partial charge in [0.05, 0.1) is 28.5 Å². The van der Waals surface area contributed by atoms with Crippen molar-refractivity contribution in [3.05, 3.63) is 100 Å². The highest BCUT2D eigenvalue weighted by Gasteiger charge is 2.28. The molecule has 2 aromatic heterocycles. The van der Waals surface area contributed by atoms with Gasteiger partial charge in [-0.3, -0.25) is 4.40 Å². The van der Waals surface area contributed by atoms with Gasteiger partial charge in [-0.25, -0.2) is 0 Å². The standard InChI is InChI=1S/C30H25Cl2N3OS/c1-36-22-13-11-21(12-14-22)33-29(37)28-27(19-7-3-2-4-8-19)23-9-5-6-16-34-26(18-35(28)30(23)34)20-10-15-24(31)25(32)17-20/h2-4,7-8,10-15,17-18H,5-6,9,16H2,1H3,(H,33,37). The number of hydrogen-bond donors (Lipinski definition) is 1. The Balaban J connectivity index is 1.57. The van der Waals surface area contributed by atoms with Gasteiger partial charge in [-0.15, -0.1) is 0 Å². The molecule has 0 aliphatic carbocycles. The number of aryl methyl sites for hydroxylation is 2. The van der Waals surface area contributed by atoms with Crippen LogP contribution in [0.25, 0.3) is 28.0 Å². The van der Waals surface area contributed by atoms with E-state index in [2.05, 4.69) is 44.7 Å². The van der Waals surface area contributed by atoms with Crippen molar-refractivity contribution in [2.75, 3.05) is 12.4 Å². The number of ether oxygens (including phenoxy) is 1. The highest BCUT2D eigenvalue weighted by Crippen LogP contribution is 2.40. The number of imidazole rings is 1. The highest BCUT2D eigenvalue weighted by molar-refractivity contribution is 7.81. The average molecular weight is 547 g/mol. The number of methoxy groups -OCH3 is 1. The maximum atomic E-state index is 6.42. The van der Waals surface area contributed by atoms with Crippen molar-refractivity contribution in [2.45, 2.75) is 25.8 Å². The van der Waals surface area contributed by atoms with Crippen LogP contribution < -0.4 is 10.1 Å².